The molecule has 0 atom stereocenters. The van der Waals surface area contributed by atoms with Gasteiger partial charge in [0.1, 0.15) is 0 Å². The summed E-state index contributed by atoms with van der Waals surface area (Å²) in [6.07, 6.45) is 2.62. The highest BCUT2D eigenvalue weighted by molar-refractivity contribution is 7.09. The summed E-state index contributed by atoms with van der Waals surface area (Å²) < 4.78 is 0. The summed E-state index contributed by atoms with van der Waals surface area (Å²) >= 11 is 1.76. The number of carbonyl (C=O) groups is 1. The number of rotatable bonds is 7. The van der Waals surface area contributed by atoms with Crippen LogP contribution in [0.5, 0.6) is 0 Å². The van der Waals surface area contributed by atoms with E-state index in [1.807, 2.05) is 14.1 Å². The predicted octanol–water partition coefficient (Wildman–Crippen LogP) is 2.17. The fourth-order valence-corrected chi connectivity index (χ4v) is 2.21. The lowest BCUT2D eigenvalue weighted by atomic mass is 10.2. The van der Waals surface area contributed by atoms with E-state index in [-0.39, 0.29) is 18.3 Å². The molecule has 0 aliphatic heterocycles. The van der Waals surface area contributed by atoms with Gasteiger partial charge in [-0.15, -0.1) is 23.7 Å². The largest absolute Gasteiger partial charge is 0.344 e. The van der Waals surface area contributed by atoms with E-state index >= 15 is 0 Å². The maximum Gasteiger partial charge on any atom is 0.222 e. The number of nitrogens with one attached hydrogen (secondary N) is 1. The fraction of sp³-hybridized carbons (Fsp3) is 0.583. The van der Waals surface area contributed by atoms with Gasteiger partial charge in [0.05, 0.1) is 0 Å². The molecule has 3 nitrogen and oxygen atoms in total. The van der Waals surface area contributed by atoms with Crippen molar-refractivity contribution in [3.63, 3.8) is 0 Å². The van der Waals surface area contributed by atoms with E-state index in [1.165, 1.54) is 4.88 Å². The van der Waals surface area contributed by atoms with Crippen LogP contribution in [0.2, 0.25) is 0 Å². The Morgan fingerprint density at radius 3 is 2.88 bits per heavy atom. The van der Waals surface area contributed by atoms with Gasteiger partial charge in [-0.3, -0.25) is 4.79 Å². The highest BCUT2D eigenvalue weighted by Crippen LogP contribution is 2.12. The standard InChI is InChI=1S/C12H20N2OS.ClH/c1-13-8-9-14(2)12(15)7-3-5-11-6-4-10-16-11;/h4,6,10,13H,3,5,7-9H2,1-2H3;1H. The zero-order valence-corrected chi connectivity index (χ0v) is 12.1. The number of hydrogen-bond acceptors (Lipinski definition) is 3. The molecule has 0 aliphatic carbocycles. The molecular formula is C12H21ClN2OS. The molecule has 0 saturated heterocycles. The van der Waals surface area contributed by atoms with Gasteiger partial charge in [0.15, 0.2) is 0 Å². The average Bonchev–Trinajstić information content (AvgIpc) is 2.78. The molecule has 1 amide bonds. The summed E-state index contributed by atoms with van der Waals surface area (Å²) in [6, 6.07) is 4.18. The number of halogens is 1. The zero-order chi connectivity index (χ0) is 11.8. The molecule has 1 aromatic heterocycles. The molecule has 0 bridgehead atoms. The molecule has 1 rings (SSSR count). The second kappa shape index (κ2) is 9.45. The third-order valence-electron chi connectivity index (χ3n) is 2.52. The van der Waals surface area contributed by atoms with Crippen LogP contribution in [-0.2, 0) is 11.2 Å². The van der Waals surface area contributed by atoms with Crippen molar-refractivity contribution in [1.29, 1.82) is 0 Å². The molecule has 0 unspecified atom stereocenters. The Balaban J connectivity index is 0.00000256. The van der Waals surface area contributed by atoms with Gasteiger partial charge in [0, 0.05) is 31.4 Å². The van der Waals surface area contributed by atoms with Crippen molar-refractivity contribution in [3.05, 3.63) is 22.4 Å². The predicted molar refractivity (Wildman–Crippen MR) is 76.1 cm³/mol. The minimum atomic E-state index is 0. The maximum atomic E-state index is 11.7. The first kappa shape index (κ1) is 16.4. The summed E-state index contributed by atoms with van der Waals surface area (Å²) in [4.78, 5) is 14.8. The number of hydrogen-bond donors (Lipinski definition) is 1. The highest BCUT2D eigenvalue weighted by Gasteiger charge is 2.07. The maximum absolute atomic E-state index is 11.7. The Kier molecular flexibility index (Phi) is 9.13. The lowest BCUT2D eigenvalue weighted by Crippen LogP contribution is -2.32. The number of nitrogens with zero attached hydrogens (tertiary/aromatic N) is 1. The topological polar surface area (TPSA) is 32.3 Å². The Morgan fingerprint density at radius 1 is 1.53 bits per heavy atom. The third-order valence-corrected chi connectivity index (χ3v) is 3.45. The first-order valence-corrected chi connectivity index (χ1v) is 6.53. The van der Waals surface area contributed by atoms with Crippen molar-refractivity contribution in [2.24, 2.45) is 0 Å². The van der Waals surface area contributed by atoms with Gasteiger partial charge in [0.25, 0.3) is 0 Å². The number of carbonyl (C=O) groups excluding carboxylic acids is 1. The van der Waals surface area contributed by atoms with Crippen molar-refractivity contribution in [2.45, 2.75) is 19.3 Å². The number of aryl methyl sites for hydroxylation is 1. The van der Waals surface area contributed by atoms with E-state index in [9.17, 15) is 4.79 Å². The SMILES string of the molecule is CNCCN(C)C(=O)CCCc1cccs1.Cl. The normalized spacial score (nSPS) is 9.76. The van der Waals surface area contributed by atoms with Crippen LogP contribution in [0, 0.1) is 0 Å². The smallest absolute Gasteiger partial charge is 0.222 e. The quantitative estimate of drug-likeness (QED) is 0.828. The van der Waals surface area contributed by atoms with Crippen molar-refractivity contribution >= 4 is 29.7 Å². The minimum Gasteiger partial charge on any atom is -0.344 e. The second-order valence-electron chi connectivity index (χ2n) is 3.85. The third kappa shape index (κ3) is 6.66. The molecule has 1 N–H and O–H groups in total. The summed E-state index contributed by atoms with van der Waals surface area (Å²) in [5.41, 5.74) is 0. The molecule has 98 valence electrons. The Bertz CT molecular complexity index is 303. The number of amides is 1. The van der Waals surface area contributed by atoms with Gasteiger partial charge in [-0.2, -0.15) is 0 Å². The van der Waals surface area contributed by atoms with Crippen LogP contribution in [-0.4, -0.2) is 38.0 Å². The summed E-state index contributed by atoms with van der Waals surface area (Å²) in [7, 11) is 3.76. The van der Waals surface area contributed by atoms with Crippen LogP contribution >= 0.6 is 23.7 Å². The summed E-state index contributed by atoms with van der Waals surface area (Å²) in [6.45, 7) is 1.64. The van der Waals surface area contributed by atoms with Crippen molar-refractivity contribution in [1.82, 2.24) is 10.2 Å². The number of likely N-dealkylation sites (N-methyl/N-ethyl adjacent to an activating group) is 2. The first-order chi connectivity index (χ1) is 7.74. The molecule has 1 heterocycles. The van der Waals surface area contributed by atoms with Gasteiger partial charge in [0.2, 0.25) is 5.91 Å². The van der Waals surface area contributed by atoms with E-state index in [4.69, 9.17) is 0 Å². The Morgan fingerprint density at radius 2 is 2.29 bits per heavy atom. The van der Waals surface area contributed by atoms with Crippen molar-refractivity contribution in [2.75, 3.05) is 27.2 Å². The van der Waals surface area contributed by atoms with Crippen LogP contribution in [0.4, 0.5) is 0 Å². The molecule has 0 fully saturated rings. The lowest BCUT2D eigenvalue weighted by molar-refractivity contribution is -0.129. The average molecular weight is 277 g/mol. The van der Waals surface area contributed by atoms with Gasteiger partial charge in [-0.1, -0.05) is 6.07 Å². The van der Waals surface area contributed by atoms with Crippen molar-refractivity contribution < 1.29 is 4.79 Å². The molecular weight excluding hydrogens is 256 g/mol. The van der Waals surface area contributed by atoms with Crippen molar-refractivity contribution in [3.8, 4) is 0 Å². The molecule has 0 saturated carbocycles. The highest BCUT2D eigenvalue weighted by atomic mass is 35.5. The van der Waals surface area contributed by atoms with E-state index in [1.54, 1.807) is 16.2 Å². The molecule has 0 aromatic carbocycles. The van der Waals surface area contributed by atoms with Gasteiger partial charge in [-0.05, 0) is 31.3 Å². The van der Waals surface area contributed by atoms with Crippen LogP contribution in [0.25, 0.3) is 0 Å². The molecule has 5 heteroatoms. The van der Waals surface area contributed by atoms with E-state index in [0.717, 1.165) is 25.9 Å². The number of thiophene rings is 1. The van der Waals surface area contributed by atoms with Gasteiger partial charge < -0.3 is 10.2 Å². The fourth-order valence-electron chi connectivity index (χ4n) is 1.46. The molecule has 1 aromatic rings. The summed E-state index contributed by atoms with van der Waals surface area (Å²) in [5, 5.41) is 5.12. The lowest BCUT2D eigenvalue weighted by Gasteiger charge is -2.16. The molecule has 0 spiro atoms. The van der Waals surface area contributed by atoms with E-state index < -0.39 is 0 Å². The molecule has 0 radical (unpaired) electrons. The molecule has 17 heavy (non-hydrogen) atoms. The van der Waals surface area contributed by atoms with Gasteiger partial charge in [-0.25, -0.2) is 0 Å². The van der Waals surface area contributed by atoms with Gasteiger partial charge >= 0.3 is 0 Å². The first-order valence-electron chi connectivity index (χ1n) is 5.65. The van der Waals surface area contributed by atoms with Crippen LogP contribution in [0.3, 0.4) is 0 Å². The Labute approximate surface area is 114 Å². The summed E-state index contributed by atoms with van der Waals surface area (Å²) in [5.74, 6) is 0.242. The van der Waals surface area contributed by atoms with Crippen LogP contribution in [0.1, 0.15) is 17.7 Å². The van der Waals surface area contributed by atoms with Crippen LogP contribution < -0.4 is 5.32 Å². The zero-order valence-electron chi connectivity index (χ0n) is 10.4. The molecule has 0 aliphatic rings. The Hall–Kier alpha value is -0.580. The second-order valence-corrected chi connectivity index (χ2v) is 4.88. The van der Waals surface area contributed by atoms with E-state index in [0.29, 0.717) is 6.42 Å². The van der Waals surface area contributed by atoms with Crippen LogP contribution in [0.15, 0.2) is 17.5 Å². The van der Waals surface area contributed by atoms with E-state index in [2.05, 4.69) is 22.8 Å². The minimum absolute atomic E-state index is 0. The monoisotopic (exact) mass is 276 g/mol.